The Balaban J connectivity index is 1.68. The highest BCUT2D eigenvalue weighted by atomic mass is 32.2. The summed E-state index contributed by atoms with van der Waals surface area (Å²) in [6.45, 7) is 0. The van der Waals surface area contributed by atoms with Gasteiger partial charge in [0, 0.05) is 19.2 Å². The first-order chi connectivity index (χ1) is 11.9. The van der Waals surface area contributed by atoms with Gasteiger partial charge in [-0.3, -0.25) is 4.79 Å². The van der Waals surface area contributed by atoms with Gasteiger partial charge in [0.25, 0.3) is 0 Å². The minimum atomic E-state index is -0.959. The zero-order valence-electron chi connectivity index (χ0n) is 13.8. The number of hydrogen-bond donors (Lipinski definition) is 1. The minimum absolute atomic E-state index is 0.102. The number of hydrogen-bond acceptors (Lipinski definition) is 4. The topological polar surface area (TPSA) is 72.8 Å². The second kappa shape index (κ2) is 7.00. The molecule has 5 nitrogen and oxygen atoms in total. The fourth-order valence-corrected chi connectivity index (χ4v) is 3.97. The van der Waals surface area contributed by atoms with Gasteiger partial charge in [0.1, 0.15) is 5.54 Å². The van der Waals surface area contributed by atoms with Crippen molar-refractivity contribution in [2.24, 2.45) is 0 Å². The highest BCUT2D eigenvalue weighted by Gasteiger charge is 2.38. The van der Waals surface area contributed by atoms with E-state index in [2.05, 4.69) is 16.0 Å². The number of aromatic amines is 1. The number of nitriles is 1. The van der Waals surface area contributed by atoms with Gasteiger partial charge in [0.15, 0.2) is 16.8 Å². The highest BCUT2D eigenvalue weighted by Crippen LogP contribution is 2.33. The lowest BCUT2D eigenvalue weighted by atomic mass is 9.81. The van der Waals surface area contributed by atoms with E-state index in [0.29, 0.717) is 29.0 Å². The second-order valence-corrected chi connectivity index (χ2v) is 7.23. The molecule has 0 saturated heterocycles. The summed E-state index contributed by atoms with van der Waals surface area (Å²) >= 11 is 1.16. The SMILES string of the molecule is CN(C(=O)CSc1nc2cc(F)c(F)cc2[nH]1)C1(C#N)CCCCC1. The number of aromatic nitrogens is 2. The Morgan fingerprint density at radius 1 is 1.36 bits per heavy atom. The van der Waals surface area contributed by atoms with Gasteiger partial charge in [-0.05, 0) is 12.8 Å². The molecule has 1 aromatic carbocycles. The molecule has 0 spiro atoms. The molecule has 8 heteroatoms. The number of nitrogens with one attached hydrogen (secondary N) is 1. The van der Waals surface area contributed by atoms with Gasteiger partial charge < -0.3 is 9.88 Å². The molecule has 2 aromatic rings. The standard InChI is InChI=1S/C17H18F2N4OS/c1-23(17(10-20)5-3-2-4-6-17)15(24)9-25-16-21-13-7-11(18)12(19)8-14(13)22-16/h7-8H,2-6,9H2,1H3,(H,21,22). The van der Waals surface area contributed by atoms with Crippen molar-refractivity contribution >= 4 is 28.7 Å². The summed E-state index contributed by atoms with van der Waals surface area (Å²) in [4.78, 5) is 21.1. The number of thioether (sulfide) groups is 1. The summed E-state index contributed by atoms with van der Waals surface area (Å²) < 4.78 is 26.5. The molecule has 1 N–H and O–H groups in total. The second-order valence-electron chi connectivity index (χ2n) is 6.27. The molecule has 0 radical (unpaired) electrons. The fraction of sp³-hybridized carbons (Fsp3) is 0.471. The maximum atomic E-state index is 13.2. The van der Waals surface area contributed by atoms with E-state index in [-0.39, 0.29) is 11.7 Å². The summed E-state index contributed by atoms with van der Waals surface area (Å²) in [5.41, 5.74) is -0.0401. The predicted molar refractivity (Wildman–Crippen MR) is 90.9 cm³/mol. The number of halogens is 2. The predicted octanol–water partition coefficient (Wildman–Crippen LogP) is 3.62. The Morgan fingerprint density at radius 2 is 2.04 bits per heavy atom. The van der Waals surface area contributed by atoms with Crippen LogP contribution in [0.3, 0.4) is 0 Å². The van der Waals surface area contributed by atoms with Crippen molar-refractivity contribution in [2.45, 2.75) is 42.8 Å². The summed E-state index contributed by atoms with van der Waals surface area (Å²) in [5.74, 6) is -1.97. The first-order valence-corrected chi connectivity index (χ1v) is 9.09. The van der Waals surface area contributed by atoms with Crippen LogP contribution in [-0.2, 0) is 4.79 Å². The van der Waals surface area contributed by atoms with E-state index in [1.807, 2.05) is 0 Å². The molecule has 25 heavy (non-hydrogen) atoms. The first kappa shape index (κ1) is 17.7. The molecular weight excluding hydrogens is 346 g/mol. The van der Waals surface area contributed by atoms with Crippen LogP contribution in [-0.4, -0.2) is 39.1 Å². The summed E-state index contributed by atoms with van der Waals surface area (Å²) in [5, 5.41) is 9.97. The first-order valence-electron chi connectivity index (χ1n) is 8.11. The molecule has 0 unspecified atom stereocenters. The average molecular weight is 364 g/mol. The average Bonchev–Trinajstić information content (AvgIpc) is 3.01. The zero-order chi connectivity index (χ0) is 18.0. The molecule has 1 aliphatic carbocycles. The molecule has 0 atom stereocenters. The van der Waals surface area contributed by atoms with Crippen molar-refractivity contribution in [3.8, 4) is 6.07 Å². The summed E-state index contributed by atoms with van der Waals surface area (Å²) in [7, 11) is 1.67. The van der Waals surface area contributed by atoms with E-state index in [9.17, 15) is 18.8 Å². The lowest BCUT2D eigenvalue weighted by Gasteiger charge is -2.39. The molecule has 0 bridgehead atoms. The minimum Gasteiger partial charge on any atom is -0.333 e. The van der Waals surface area contributed by atoms with E-state index in [0.717, 1.165) is 43.2 Å². The quantitative estimate of drug-likeness (QED) is 0.841. The lowest BCUT2D eigenvalue weighted by molar-refractivity contribution is -0.131. The largest absolute Gasteiger partial charge is 0.333 e. The van der Waals surface area contributed by atoms with Gasteiger partial charge in [-0.2, -0.15) is 5.26 Å². The number of rotatable bonds is 4. The molecule has 1 amide bonds. The van der Waals surface area contributed by atoms with E-state index >= 15 is 0 Å². The Hall–Kier alpha value is -2.14. The number of fused-ring (bicyclic) bond motifs is 1. The van der Waals surface area contributed by atoms with Crippen LogP contribution in [0.5, 0.6) is 0 Å². The van der Waals surface area contributed by atoms with Crippen molar-refractivity contribution in [3.05, 3.63) is 23.8 Å². The van der Waals surface area contributed by atoms with E-state index in [4.69, 9.17) is 0 Å². The molecule has 1 fully saturated rings. The normalized spacial score (nSPS) is 16.6. The molecule has 0 aliphatic heterocycles. The van der Waals surface area contributed by atoms with Crippen molar-refractivity contribution in [1.82, 2.24) is 14.9 Å². The van der Waals surface area contributed by atoms with Gasteiger partial charge in [0.2, 0.25) is 5.91 Å². The maximum Gasteiger partial charge on any atom is 0.234 e. The molecule has 1 aliphatic rings. The summed E-state index contributed by atoms with van der Waals surface area (Å²) in [6.07, 6.45) is 4.36. The van der Waals surface area contributed by atoms with Crippen molar-refractivity contribution in [2.75, 3.05) is 12.8 Å². The van der Waals surface area contributed by atoms with Gasteiger partial charge in [-0.15, -0.1) is 0 Å². The number of carbonyl (C=O) groups excluding carboxylic acids is 1. The molecule has 3 rings (SSSR count). The Kier molecular flexibility index (Phi) is 4.95. The van der Waals surface area contributed by atoms with Crippen molar-refractivity contribution < 1.29 is 13.6 Å². The number of carbonyl (C=O) groups is 1. The van der Waals surface area contributed by atoms with Crippen LogP contribution in [0, 0.1) is 23.0 Å². The van der Waals surface area contributed by atoms with Gasteiger partial charge in [0.05, 0.1) is 22.9 Å². The third-order valence-electron chi connectivity index (χ3n) is 4.74. The number of imidazole rings is 1. The van der Waals surface area contributed by atoms with E-state index in [1.54, 1.807) is 11.9 Å². The monoisotopic (exact) mass is 364 g/mol. The Bertz CT molecular complexity index is 800. The Labute approximate surface area is 148 Å². The molecule has 1 saturated carbocycles. The van der Waals surface area contributed by atoms with Crippen LogP contribution in [0.4, 0.5) is 8.78 Å². The van der Waals surface area contributed by atoms with Crippen molar-refractivity contribution in [3.63, 3.8) is 0 Å². The Morgan fingerprint density at radius 3 is 2.72 bits per heavy atom. The van der Waals surface area contributed by atoms with Crippen molar-refractivity contribution in [1.29, 1.82) is 5.26 Å². The zero-order valence-corrected chi connectivity index (χ0v) is 14.6. The number of nitrogens with zero attached hydrogens (tertiary/aromatic N) is 3. The molecule has 132 valence electrons. The van der Waals surface area contributed by atoms with Crippen LogP contribution in [0.1, 0.15) is 32.1 Å². The van der Waals surface area contributed by atoms with Crippen LogP contribution in [0.2, 0.25) is 0 Å². The van der Waals surface area contributed by atoms with Crippen LogP contribution >= 0.6 is 11.8 Å². The molecule has 1 heterocycles. The van der Waals surface area contributed by atoms with Crippen LogP contribution in [0.25, 0.3) is 11.0 Å². The third kappa shape index (κ3) is 3.47. The number of H-pyrrole nitrogens is 1. The highest BCUT2D eigenvalue weighted by molar-refractivity contribution is 7.99. The number of benzene rings is 1. The number of amides is 1. The molecule has 1 aromatic heterocycles. The fourth-order valence-electron chi connectivity index (χ4n) is 3.17. The van der Waals surface area contributed by atoms with Crippen LogP contribution in [0.15, 0.2) is 17.3 Å². The maximum absolute atomic E-state index is 13.2. The van der Waals surface area contributed by atoms with Gasteiger partial charge in [-0.1, -0.05) is 31.0 Å². The lowest BCUT2D eigenvalue weighted by Crippen LogP contribution is -2.50. The van der Waals surface area contributed by atoms with E-state index in [1.165, 1.54) is 0 Å². The van der Waals surface area contributed by atoms with Gasteiger partial charge >= 0.3 is 0 Å². The molecular formula is C17H18F2N4OS. The summed E-state index contributed by atoms with van der Waals surface area (Å²) in [6, 6.07) is 4.38. The van der Waals surface area contributed by atoms with Crippen LogP contribution < -0.4 is 0 Å². The van der Waals surface area contributed by atoms with Gasteiger partial charge in [-0.25, -0.2) is 13.8 Å². The smallest absolute Gasteiger partial charge is 0.234 e. The third-order valence-corrected chi connectivity index (χ3v) is 5.60. The van der Waals surface area contributed by atoms with E-state index < -0.39 is 17.2 Å².